The molecule has 2 aliphatic rings. The predicted octanol–water partition coefficient (Wildman–Crippen LogP) is 5.89. The van der Waals surface area contributed by atoms with Crippen LogP contribution in [0.25, 0.3) is 0 Å². The van der Waals surface area contributed by atoms with Gasteiger partial charge >= 0.3 is 0 Å². The highest BCUT2D eigenvalue weighted by atomic mass is 14.5. The molecule has 1 atom stereocenters. The van der Waals surface area contributed by atoms with Crippen LogP contribution >= 0.6 is 0 Å². The Morgan fingerprint density at radius 1 is 0.857 bits per heavy atom. The van der Waals surface area contributed by atoms with Crippen LogP contribution in [0.2, 0.25) is 0 Å². The lowest BCUT2D eigenvalue weighted by Crippen LogP contribution is -2.21. The van der Waals surface area contributed by atoms with Gasteiger partial charge in [0.2, 0.25) is 0 Å². The average molecular weight is 278 g/mol. The Balaban J connectivity index is 2.15. The van der Waals surface area contributed by atoms with Gasteiger partial charge in [-0.15, -0.1) is 0 Å². The zero-order valence-corrected chi connectivity index (χ0v) is 14.0. The van der Waals surface area contributed by atoms with Crippen molar-refractivity contribution in [1.29, 1.82) is 0 Å². The summed E-state index contributed by atoms with van der Waals surface area (Å²) in [6, 6.07) is 9.13. The molecule has 0 spiro atoms. The van der Waals surface area contributed by atoms with Gasteiger partial charge in [-0.1, -0.05) is 74.4 Å². The maximum Gasteiger partial charge on any atom is 0.0182 e. The van der Waals surface area contributed by atoms with Crippen molar-refractivity contribution in [3.05, 3.63) is 70.3 Å². The standard InChI is InChI=1S/C21H26/c1-15-6-10-17(11-7-15)21(5)14-20(3,4)18-12-8-16(2)9-13-19(18)21/h6-8,10-13H,9,14H2,1-5H3. The van der Waals surface area contributed by atoms with Crippen LogP contribution in [0.15, 0.2) is 59.2 Å². The molecule has 0 heterocycles. The van der Waals surface area contributed by atoms with Gasteiger partial charge in [0.25, 0.3) is 0 Å². The Morgan fingerprint density at radius 2 is 1.52 bits per heavy atom. The van der Waals surface area contributed by atoms with E-state index >= 15 is 0 Å². The number of allylic oxidation sites excluding steroid dienone is 6. The van der Waals surface area contributed by atoms with E-state index < -0.39 is 0 Å². The molecule has 0 amide bonds. The van der Waals surface area contributed by atoms with Gasteiger partial charge in [-0.2, -0.15) is 0 Å². The van der Waals surface area contributed by atoms with Crippen LogP contribution in [-0.4, -0.2) is 0 Å². The van der Waals surface area contributed by atoms with Crippen molar-refractivity contribution in [2.24, 2.45) is 5.41 Å². The summed E-state index contributed by atoms with van der Waals surface area (Å²) < 4.78 is 0. The second kappa shape index (κ2) is 4.73. The second-order valence-corrected chi connectivity index (χ2v) is 7.67. The molecule has 0 heteroatoms. The number of benzene rings is 1. The molecule has 1 aromatic rings. The van der Waals surface area contributed by atoms with Gasteiger partial charge in [0.1, 0.15) is 0 Å². The number of aryl methyl sites for hydroxylation is 1. The van der Waals surface area contributed by atoms with E-state index in [9.17, 15) is 0 Å². The number of rotatable bonds is 1. The van der Waals surface area contributed by atoms with Crippen molar-refractivity contribution in [1.82, 2.24) is 0 Å². The minimum Gasteiger partial charge on any atom is -0.0761 e. The van der Waals surface area contributed by atoms with E-state index in [1.807, 2.05) is 0 Å². The van der Waals surface area contributed by atoms with E-state index in [1.165, 1.54) is 28.7 Å². The van der Waals surface area contributed by atoms with Gasteiger partial charge in [0.15, 0.2) is 0 Å². The van der Waals surface area contributed by atoms with E-state index in [0.29, 0.717) is 0 Å². The lowest BCUT2D eigenvalue weighted by Gasteiger charge is -2.28. The topological polar surface area (TPSA) is 0 Å². The fourth-order valence-corrected chi connectivity index (χ4v) is 4.12. The zero-order chi connectivity index (χ0) is 15.3. The number of fused-ring (bicyclic) bond motifs is 1. The van der Waals surface area contributed by atoms with Crippen molar-refractivity contribution in [2.75, 3.05) is 0 Å². The summed E-state index contributed by atoms with van der Waals surface area (Å²) in [5.74, 6) is 0. The van der Waals surface area contributed by atoms with Gasteiger partial charge in [0, 0.05) is 5.41 Å². The molecule has 1 fully saturated rings. The second-order valence-electron chi connectivity index (χ2n) is 7.67. The molecule has 0 radical (unpaired) electrons. The fourth-order valence-electron chi connectivity index (χ4n) is 4.12. The highest BCUT2D eigenvalue weighted by Gasteiger charge is 2.48. The van der Waals surface area contributed by atoms with E-state index in [-0.39, 0.29) is 10.8 Å². The van der Waals surface area contributed by atoms with Gasteiger partial charge in [0.05, 0.1) is 0 Å². The first-order valence-corrected chi connectivity index (χ1v) is 7.99. The molecule has 2 aliphatic carbocycles. The van der Waals surface area contributed by atoms with Gasteiger partial charge in [-0.25, -0.2) is 0 Å². The summed E-state index contributed by atoms with van der Waals surface area (Å²) in [6.45, 7) is 11.6. The molecule has 0 N–H and O–H groups in total. The minimum absolute atomic E-state index is 0.140. The van der Waals surface area contributed by atoms with Crippen LogP contribution in [0.4, 0.5) is 0 Å². The summed E-state index contributed by atoms with van der Waals surface area (Å²) in [7, 11) is 0. The molecule has 0 aliphatic heterocycles. The molecule has 0 saturated heterocycles. The average Bonchev–Trinajstić information content (AvgIpc) is 2.55. The number of hydrogen-bond donors (Lipinski definition) is 0. The van der Waals surface area contributed by atoms with E-state index in [4.69, 9.17) is 0 Å². The lowest BCUT2D eigenvalue weighted by atomic mass is 9.75. The molecule has 0 aromatic heterocycles. The maximum atomic E-state index is 2.47. The first-order chi connectivity index (χ1) is 9.83. The summed E-state index contributed by atoms with van der Waals surface area (Å²) >= 11 is 0. The normalized spacial score (nSPS) is 27.4. The third-order valence-corrected chi connectivity index (χ3v) is 5.26. The van der Waals surface area contributed by atoms with Crippen molar-refractivity contribution in [2.45, 2.75) is 52.9 Å². The fraction of sp³-hybridized carbons (Fsp3) is 0.429. The number of hydrogen-bond acceptors (Lipinski definition) is 0. The zero-order valence-electron chi connectivity index (χ0n) is 14.0. The third-order valence-electron chi connectivity index (χ3n) is 5.26. The van der Waals surface area contributed by atoms with Crippen LogP contribution in [0.3, 0.4) is 0 Å². The Hall–Kier alpha value is -1.56. The van der Waals surface area contributed by atoms with Gasteiger partial charge in [-0.05, 0) is 48.8 Å². The van der Waals surface area contributed by atoms with Crippen LogP contribution in [0, 0.1) is 12.3 Å². The summed E-state index contributed by atoms with van der Waals surface area (Å²) in [5, 5.41) is 0. The molecule has 110 valence electrons. The summed E-state index contributed by atoms with van der Waals surface area (Å²) in [6.07, 6.45) is 9.41. The van der Waals surface area contributed by atoms with Crippen LogP contribution in [0.1, 0.15) is 51.7 Å². The van der Waals surface area contributed by atoms with Crippen LogP contribution in [-0.2, 0) is 5.41 Å². The van der Waals surface area contributed by atoms with E-state index in [2.05, 4.69) is 77.1 Å². The Kier molecular flexibility index (Phi) is 3.24. The quantitative estimate of drug-likeness (QED) is 0.601. The smallest absolute Gasteiger partial charge is 0.0182 e. The van der Waals surface area contributed by atoms with E-state index in [0.717, 1.165) is 6.42 Å². The molecule has 3 rings (SSSR count). The molecule has 1 saturated carbocycles. The molecule has 0 bridgehead atoms. The lowest BCUT2D eigenvalue weighted by molar-refractivity contribution is 0.388. The molecular formula is C21H26. The van der Waals surface area contributed by atoms with Crippen molar-refractivity contribution in [3.63, 3.8) is 0 Å². The highest BCUT2D eigenvalue weighted by molar-refractivity contribution is 5.56. The molecule has 0 nitrogen and oxygen atoms in total. The highest BCUT2D eigenvalue weighted by Crippen LogP contribution is 2.57. The van der Waals surface area contributed by atoms with Crippen LogP contribution < -0.4 is 0 Å². The van der Waals surface area contributed by atoms with Crippen molar-refractivity contribution < 1.29 is 0 Å². The van der Waals surface area contributed by atoms with Crippen molar-refractivity contribution >= 4 is 0 Å². The van der Waals surface area contributed by atoms with Crippen LogP contribution in [0.5, 0.6) is 0 Å². The largest absolute Gasteiger partial charge is 0.0761 e. The third kappa shape index (κ3) is 2.31. The summed E-state index contributed by atoms with van der Waals surface area (Å²) in [5.41, 5.74) is 7.70. The first kappa shape index (κ1) is 14.4. The van der Waals surface area contributed by atoms with Gasteiger partial charge in [-0.3, -0.25) is 0 Å². The SMILES string of the molecule is CC1=CC=C2C(=CC1)C(C)(c1ccc(C)cc1)CC2(C)C. The predicted molar refractivity (Wildman–Crippen MR) is 91.5 cm³/mol. The first-order valence-electron chi connectivity index (χ1n) is 7.99. The molecule has 1 aromatic carbocycles. The summed E-state index contributed by atoms with van der Waals surface area (Å²) in [4.78, 5) is 0. The van der Waals surface area contributed by atoms with E-state index in [1.54, 1.807) is 5.57 Å². The molecule has 1 unspecified atom stereocenters. The molecular weight excluding hydrogens is 252 g/mol. The van der Waals surface area contributed by atoms with Gasteiger partial charge < -0.3 is 0 Å². The minimum atomic E-state index is 0.140. The Labute approximate surface area is 129 Å². The monoisotopic (exact) mass is 278 g/mol. The van der Waals surface area contributed by atoms with Crippen molar-refractivity contribution in [3.8, 4) is 0 Å². The Morgan fingerprint density at radius 3 is 2.19 bits per heavy atom. The Bertz CT molecular complexity index is 650. The maximum absolute atomic E-state index is 2.47. The molecule has 21 heavy (non-hydrogen) atoms.